The number of rotatable bonds is 9. The van der Waals surface area contributed by atoms with Gasteiger partial charge in [-0.15, -0.1) is 16.4 Å². The van der Waals surface area contributed by atoms with Gasteiger partial charge in [-0.05, 0) is 42.0 Å². The van der Waals surface area contributed by atoms with Crippen molar-refractivity contribution in [2.75, 3.05) is 20.8 Å². The molecule has 0 atom stereocenters. The first-order valence-corrected chi connectivity index (χ1v) is 10.9. The Balaban J connectivity index is 1.32. The van der Waals surface area contributed by atoms with Crippen LogP contribution >= 0.6 is 11.3 Å². The lowest BCUT2D eigenvalue weighted by Crippen LogP contribution is -2.38. The Hall–Kier alpha value is -3.27. The second kappa shape index (κ2) is 9.25. The zero-order chi connectivity index (χ0) is 21.8. The Morgan fingerprint density at radius 2 is 2.00 bits per heavy atom. The summed E-state index contributed by atoms with van der Waals surface area (Å²) in [5.41, 5.74) is 0.756. The number of benzene rings is 1. The molecule has 1 saturated carbocycles. The molecule has 9 nitrogen and oxygen atoms in total. The van der Waals surface area contributed by atoms with E-state index >= 15 is 0 Å². The lowest BCUT2D eigenvalue weighted by Gasteiger charge is -2.11. The molecule has 3 aromatic rings. The molecular weight excluding hydrogens is 418 g/mol. The maximum absolute atomic E-state index is 12.8. The molecular formula is C21H25N5O4S. The number of aromatic nitrogens is 3. The van der Waals surface area contributed by atoms with Crippen LogP contribution in [0.4, 0.5) is 4.79 Å². The third-order valence-electron chi connectivity index (χ3n) is 5.03. The van der Waals surface area contributed by atoms with Crippen LogP contribution in [-0.2, 0) is 13.1 Å². The maximum atomic E-state index is 12.8. The van der Waals surface area contributed by atoms with E-state index < -0.39 is 0 Å². The van der Waals surface area contributed by atoms with Gasteiger partial charge in [0.2, 0.25) is 0 Å². The van der Waals surface area contributed by atoms with Gasteiger partial charge >= 0.3 is 11.7 Å². The van der Waals surface area contributed by atoms with Crippen molar-refractivity contribution in [1.29, 1.82) is 0 Å². The first-order valence-electron chi connectivity index (χ1n) is 10.1. The van der Waals surface area contributed by atoms with Gasteiger partial charge < -0.3 is 20.1 Å². The summed E-state index contributed by atoms with van der Waals surface area (Å²) in [5.74, 6) is 1.95. The van der Waals surface area contributed by atoms with Crippen LogP contribution in [-0.4, -0.2) is 41.1 Å². The van der Waals surface area contributed by atoms with Crippen molar-refractivity contribution in [2.24, 2.45) is 0 Å². The van der Waals surface area contributed by atoms with Crippen molar-refractivity contribution < 1.29 is 14.3 Å². The van der Waals surface area contributed by atoms with Crippen molar-refractivity contribution in [1.82, 2.24) is 25.0 Å². The minimum atomic E-state index is -0.317. The van der Waals surface area contributed by atoms with Crippen LogP contribution in [0.3, 0.4) is 0 Å². The van der Waals surface area contributed by atoms with Gasteiger partial charge in [-0.2, -0.15) is 0 Å². The Morgan fingerprint density at radius 3 is 2.68 bits per heavy atom. The second-order valence-electron chi connectivity index (χ2n) is 7.21. The van der Waals surface area contributed by atoms with Gasteiger partial charge in [0, 0.05) is 19.1 Å². The van der Waals surface area contributed by atoms with Crippen molar-refractivity contribution in [3.63, 3.8) is 0 Å². The summed E-state index contributed by atoms with van der Waals surface area (Å²) in [7, 11) is 3.14. The van der Waals surface area contributed by atoms with Gasteiger partial charge in [0.1, 0.15) is 0 Å². The average Bonchev–Trinajstić information content (AvgIpc) is 3.36. The Bertz CT molecular complexity index is 1100. The summed E-state index contributed by atoms with van der Waals surface area (Å²) >= 11 is 1.56. The molecule has 1 aliphatic rings. The molecule has 1 fully saturated rings. The number of urea groups is 1. The number of hydrogen-bond acceptors (Lipinski definition) is 6. The molecule has 1 aromatic carbocycles. The molecule has 0 spiro atoms. The molecule has 0 unspecified atom stereocenters. The van der Waals surface area contributed by atoms with E-state index in [4.69, 9.17) is 9.47 Å². The smallest absolute Gasteiger partial charge is 0.346 e. The highest BCUT2D eigenvalue weighted by Crippen LogP contribution is 2.37. The molecule has 31 heavy (non-hydrogen) atoms. The molecule has 0 saturated heterocycles. The number of carbonyl (C=O) groups excluding carboxylic acids is 1. The van der Waals surface area contributed by atoms with Gasteiger partial charge in [-0.3, -0.25) is 4.57 Å². The standard InChI is InChI=1S/C21H25N5O4S/c1-29-16-8-5-14(12-17(16)30-2)13-23-20(27)22-9-10-25-21(28)26(15-6-7-15)19(24-25)18-4-3-11-31-18/h3-5,8,11-12,15H,6-7,9-10,13H2,1-2H3,(H2,22,23,27). The highest BCUT2D eigenvalue weighted by molar-refractivity contribution is 7.13. The largest absolute Gasteiger partial charge is 0.493 e. The maximum Gasteiger partial charge on any atom is 0.346 e. The van der Waals surface area contributed by atoms with Crippen molar-refractivity contribution in [3.05, 3.63) is 51.8 Å². The van der Waals surface area contributed by atoms with Crippen molar-refractivity contribution in [3.8, 4) is 22.2 Å². The summed E-state index contributed by atoms with van der Waals surface area (Å²) < 4.78 is 13.7. The van der Waals surface area contributed by atoms with E-state index in [0.717, 1.165) is 23.3 Å². The summed E-state index contributed by atoms with van der Waals surface area (Å²) in [6.07, 6.45) is 2.00. The van der Waals surface area contributed by atoms with E-state index in [9.17, 15) is 9.59 Å². The lowest BCUT2D eigenvalue weighted by molar-refractivity contribution is 0.240. The zero-order valence-electron chi connectivity index (χ0n) is 17.5. The molecule has 2 aromatic heterocycles. The van der Waals surface area contributed by atoms with E-state index in [1.54, 1.807) is 36.2 Å². The van der Waals surface area contributed by atoms with E-state index in [0.29, 0.717) is 37.0 Å². The van der Waals surface area contributed by atoms with Crippen molar-refractivity contribution in [2.45, 2.75) is 32.0 Å². The van der Waals surface area contributed by atoms with Gasteiger partial charge in [0.15, 0.2) is 17.3 Å². The number of amides is 2. The molecule has 164 valence electrons. The number of nitrogens with zero attached hydrogens (tertiary/aromatic N) is 3. The molecule has 0 radical (unpaired) electrons. The number of carbonyl (C=O) groups is 1. The minimum absolute atomic E-state index is 0.126. The molecule has 10 heteroatoms. The van der Waals surface area contributed by atoms with Crippen LogP contribution in [0.1, 0.15) is 24.4 Å². The van der Waals surface area contributed by atoms with E-state index in [-0.39, 0.29) is 17.8 Å². The number of ether oxygens (including phenoxy) is 2. The third kappa shape index (κ3) is 4.74. The molecule has 1 aliphatic carbocycles. The van der Waals surface area contributed by atoms with E-state index in [1.165, 1.54) is 4.68 Å². The van der Waals surface area contributed by atoms with Crippen molar-refractivity contribution >= 4 is 17.4 Å². The van der Waals surface area contributed by atoms with Crippen LogP contribution in [0.25, 0.3) is 10.7 Å². The van der Waals surface area contributed by atoms with E-state index in [2.05, 4.69) is 15.7 Å². The highest BCUT2D eigenvalue weighted by atomic mass is 32.1. The fourth-order valence-electron chi connectivity index (χ4n) is 3.31. The fraction of sp³-hybridized carbons (Fsp3) is 0.381. The number of thiophene rings is 1. The summed E-state index contributed by atoms with van der Waals surface area (Å²) in [6.45, 7) is 0.939. The van der Waals surface area contributed by atoms with Gasteiger partial charge in [-0.25, -0.2) is 14.3 Å². The average molecular weight is 444 g/mol. The number of hydrogen-bond donors (Lipinski definition) is 2. The van der Waals surface area contributed by atoms with Gasteiger partial charge in [0.05, 0.1) is 25.6 Å². The monoisotopic (exact) mass is 443 g/mol. The summed E-state index contributed by atoms with van der Waals surface area (Å²) in [4.78, 5) is 25.9. The SMILES string of the molecule is COc1ccc(CNC(=O)NCCn2nc(-c3cccs3)n(C3CC3)c2=O)cc1OC. The first-order chi connectivity index (χ1) is 15.1. The summed E-state index contributed by atoms with van der Waals surface area (Å²) in [5, 5.41) is 12.1. The summed E-state index contributed by atoms with van der Waals surface area (Å²) in [6, 6.07) is 9.30. The van der Waals surface area contributed by atoms with Crippen LogP contribution < -0.4 is 25.8 Å². The normalized spacial score (nSPS) is 13.1. The molecule has 4 rings (SSSR count). The molecule has 2 heterocycles. The van der Waals surface area contributed by atoms with Crippen LogP contribution in [0.5, 0.6) is 11.5 Å². The highest BCUT2D eigenvalue weighted by Gasteiger charge is 2.30. The zero-order valence-corrected chi connectivity index (χ0v) is 18.3. The van der Waals surface area contributed by atoms with Gasteiger partial charge in [-0.1, -0.05) is 12.1 Å². The quantitative estimate of drug-likeness (QED) is 0.530. The predicted molar refractivity (Wildman–Crippen MR) is 118 cm³/mol. The molecule has 2 amide bonds. The third-order valence-corrected chi connectivity index (χ3v) is 5.90. The fourth-order valence-corrected chi connectivity index (χ4v) is 4.02. The van der Waals surface area contributed by atoms with Crippen LogP contribution in [0.2, 0.25) is 0 Å². The van der Waals surface area contributed by atoms with Gasteiger partial charge in [0.25, 0.3) is 0 Å². The molecule has 0 aliphatic heterocycles. The predicted octanol–water partition coefficient (Wildman–Crippen LogP) is 2.62. The first kappa shape index (κ1) is 21.0. The number of nitrogens with one attached hydrogen (secondary N) is 2. The number of methoxy groups -OCH3 is 2. The second-order valence-corrected chi connectivity index (χ2v) is 8.15. The topological polar surface area (TPSA) is 99.4 Å². The Labute approximate surface area is 183 Å². The lowest BCUT2D eigenvalue weighted by atomic mass is 10.2. The van der Waals surface area contributed by atoms with Crippen LogP contribution in [0, 0.1) is 0 Å². The molecule has 0 bridgehead atoms. The molecule has 2 N–H and O–H groups in total. The Kier molecular flexibility index (Phi) is 6.26. The Morgan fingerprint density at radius 1 is 1.19 bits per heavy atom. The van der Waals surface area contributed by atoms with Crippen LogP contribution in [0.15, 0.2) is 40.5 Å². The van der Waals surface area contributed by atoms with E-state index in [1.807, 2.05) is 29.6 Å². The minimum Gasteiger partial charge on any atom is -0.493 e.